The zero-order chi connectivity index (χ0) is 19.0. The molecule has 1 aromatic heterocycles. The van der Waals surface area contributed by atoms with Crippen LogP contribution < -0.4 is 5.32 Å². The smallest absolute Gasteiger partial charge is 0.321 e. The largest absolute Gasteiger partial charge is 0.361 e. The van der Waals surface area contributed by atoms with Crippen LogP contribution in [-0.2, 0) is 11.3 Å². The van der Waals surface area contributed by atoms with Crippen LogP contribution in [0.25, 0.3) is 0 Å². The lowest BCUT2D eigenvalue weighted by molar-refractivity contribution is -0.140. The molecule has 7 nitrogen and oxygen atoms in total. The highest BCUT2D eigenvalue weighted by Crippen LogP contribution is 2.31. The van der Waals surface area contributed by atoms with Crippen LogP contribution in [0.2, 0.25) is 0 Å². The Morgan fingerprint density at radius 1 is 1.22 bits per heavy atom. The van der Waals surface area contributed by atoms with E-state index in [0.717, 1.165) is 35.5 Å². The van der Waals surface area contributed by atoms with E-state index in [1.54, 1.807) is 4.90 Å². The zero-order valence-electron chi connectivity index (χ0n) is 15.6. The number of carbonyl (C=O) groups excluding carboxylic acids is 2. The summed E-state index contributed by atoms with van der Waals surface area (Å²) in [6.07, 6.45) is 1.74. The van der Waals surface area contributed by atoms with E-state index >= 15 is 0 Å². The van der Waals surface area contributed by atoms with Gasteiger partial charge < -0.3 is 19.6 Å². The van der Waals surface area contributed by atoms with Crippen LogP contribution >= 0.6 is 0 Å². The van der Waals surface area contributed by atoms with Crippen LogP contribution in [0.5, 0.6) is 0 Å². The predicted octanol–water partition coefficient (Wildman–Crippen LogP) is 2.95. The molecule has 0 unspecified atom stereocenters. The van der Waals surface area contributed by atoms with E-state index in [-0.39, 0.29) is 23.9 Å². The molecule has 142 valence electrons. The zero-order valence-corrected chi connectivity index (χ0v) is 15.6. The molecule has 3 saturated heterocycles. The van der Waals surface area contributed by atoms with Crippen LogP contribution in [0.1, 0.15) is 29.9 Å². The number of para-hydroxylation sites is 1. The third kappa shape index (κ3) is 3.41. The third-order valence-electron chi connectivity index (χ3n) is 5.62. The summed E-state index contributed by atoms with van der Waals surface area (Å²) in [4.78, 5) is 29.4. The fourth-order valence-electron chi connectivity index (χ4n) is 4.04. The van der Waals surface area contributed by atoms with Gasteiger partial charge in [0.1, 0.15) is 5.76 Å². The Hall–Kier alpha value is -2.83. The molecule has 2 aromatic rings. The van der Waals surface area contributed by atoms with Crippen LogP contribution in [0.15, 0.2) is 34.9 Å². The lowest BCUT2D eigenvalue weighted by Crippen LogP contribution is -2.47. The Morgan fingerprint density at radius 2 is 2.00 bits per heavy atom. The fraction of sp³-hybridized carbons (Fsp3) is 0.450. The summed E-state index contributed by atoms with van der Waals surface area (Å²) < 4.78 is 5.25. The highest BCUT2D eigenvalue weighted by atomic mass is 16.5. The van der Waals surface area contributed by atoms with Gasteiger partial charge in [0.2, 0.25) is 5.91 Å². The summed E-state index contributed by atoms with van der Waals surface area (Å²) >= 11 is 0. The van der Waals surface area contributed by atoms with Crippen molar-refractivity contribution in [2.75, 3.05) is 18.4 Å². The van der Waals surface area contributed by atoms with Crippen molar-refractivity contribution in [3.63, 3.8) is 0 Å². The number of fused-ring (bicyclic) bond motifs is 4. The van der Waals surface area contributed by atoms with Crippen molar-refractivity contribution in [1.82, 2.24) is 15.0 Å². The fourth-order valence-corrected chi connectivity index (χ4v) is 4.04. The normalized spacial score (nSPS) is 22.1. The number of hydrogen-bond acceptors (Lipinski definition) is 4. The molecule has 4 heterocycles. The number of amides is 3. The van der Waals surface area contributed by atoms with Gasteiger partial charge in [0, 0.05) is 30.4 Å². The van der Waals surface area contributed by atoms with Gasteiger partial charge >= 0.3 is 6.03 Å². The van der Waals surface area contributed by atoms with Gasteiger partial charge in [-0.1, -0.05) is 23.4 Å². The molecule has 5 rings (SSSR count). The number of urea groups is 1. The van der Waals surface area contributed by atoms with E-state index in [1.165, 1.54) is 0 Å². The maximum absolute atomic E-state index is 13.0. The minimum absolute atomic E-state index is 0.0199. The van der Waals surface area contributed by atoms with Crippen molar-refractivity contribution in [2.24, 2.45) is 5.92 Å². The SMILES string of the molecule is Cc1noc(C)c1CN1C(=O)[C@H]2CC[C@@H]1CN(C(=O)Nc1ccccc1)C2. The van der Waals surface area contributed by atoms with Crippen molar-refractivity contribution in [3.8, 4) is 0 Å². The average Bonchev–Trinajstić information content (AvgIpc) is 2.84. The van der Waals surface area contributed by atoms with Gasteiger partial charge in [-0.2, -0.15) is 0 Å². The molecule has 3 fully saturated rings. The second-order valence-corrected chi connectivity index (χ2v) is 7.40. The first-order valence-electron chi connectivity index (χ1n) is 9.36. The lowest BCUT2D eigenvalue weighted by Gasteiger charge is -2.35. The lowest BCUT2D eigenvalue weighted by atomic mass is 9.93. The summed E-state index contributed by atoms with van der Waals surface area (Å²) in [5.41, 5.74) is 2.55. The Morgan fingerprint density at radius 3 is 2.70 bits per heavy atom. The highest BCUT2D eigenvalue weighted by molar-refractivity contribution is 5.90. The number of hydrogen-bond donors (Lipinski definition) is 1. The summed E-state index contributed by atoms with van der Waals surface area (Å²) in [7, 11) is 0. The van der Waals surface area contributed by atoms with Gasteiger partial charge in [0.25, 0.3) is 0 Å². The number of anilines is 1. The van der Waals surface area contributed by atoms with Crippen LogP contribution in [-0.4, -0.2) is 46.0 Å². The number of nitrogens with one attached hydrogen (secondary N) is 1. The summed E-state index contributed by atoms with van der Waals surface area (Å²) in [5.74, 6) is 0.728. The molecule has 0 aliphatic carbocycles. The number of piperidine rings is 1. The van der Waals surface area contributed by atoms with Gasteiger partial charge in [-0.05, 0) is 38.8 Å². The number of nitrogens with zero attached hydrogens (tertiary/aromatic N) is 3. The van der Waals surface area contributed by atoms with Gasteiger partial charge in [0.05, 0.1) is 18.2 Å². The number of aromatic nitrogens is 1. The summed E-state index contributed by atoms with van der Waals surface area (Å²) in [5, 5.41) is 6.93. The molecule has 27 heavy (non-hydrogen) atoms. The first-order valence-corrected chi connectivity index (χ1v) is 9.36. The van der Waals surface area contributed by atoms with E-state index in [9.17, 15) is 9.59 Å². The molecule has 2 atom stereocenters. The van der Waals surface area contributed by atoms with E-state index in [2.05, 4.69) is 10.5 Å². The standard InChI is InChI=1S/C20H24N4O3/c1-13-18(14(2)27-22-13)12-24-17-9-8-15(19(24)25)10-23(11-17)20(26)21-16-6-4-3-5-7-16/h3-7,15,17H,8-12H2,1-2H3,(H,21,26)/t15-,17+/m0/s1. The number of carbonyl (C=O) groups is 2. The average molecular weight is 368 g/mol. The molecular formula is C20H24N4O3. The Balaban J connectivity index is 1.51. The van der Waals surface area contributed by atoms with Crippen molar-refractivity contribution in [3.05, 3.63) is 47.3 Å². The van der Waals surface area contributed by atoms with Gasteiger partial charge in [-0.3, -0.25) is 4.79 Å². The maximum Gasteiger partial charge on any atom is 0.321 e. The van der Waals surface area contributed by atoms with Crippen molar-refractivity contribution in [1.29, 1.82) is 0 Å². The molecular weight excluding hydrogens is 344 g/mol. The first-order chi connectivity index (χ1) is 13.0. The van der Waals surface area contributed by atoms with Crippen molar-refractivity contribution >= 4 is 17.6 Å². The van der Waals surface area contributed by atoms with Crippen LogP contribution in [0.3, 0.4) is 0 Å². The van der Waals surface area contributed by atoms with Crippen LogP contribution in [0, 0.1) is 19.8 Å². The predicted molar refractivity (Wildman–Crippen MR) is 100 cm³/mol. The van der Waals surface area contributed by atoms with E-state index in [1.807, 2.05) is 49.1 Å². The minimum Gasteiger partial charge on any atom is -0.361 e. The van der Waals surface area contributed by atoms with Gasteiger partial charge in [-0.25, -0.2) is 4.79 Å². The molecule has 2 bridgehead atoms. The third-order valence-corrected chi connectivity index (χ3v) is 5.62. The Labute approximate surface area is 158 Å². The highest BCUT2D eigenvalue weighted by Gasteiger charge is 2.42. The second-order valence-electron chi connectivity index (χ2n) is 7.40. The topological polar surface area (TPSA) is 78.7 Å². The minimum atomic E-state index is -0.148. The van der Waals surface area contributed by atoms with Gasteiger partial charge in [0.15, 0.2) is 0 Å². The van der Waals surface area contributed by atoms with E-state index < -0.39 is 0 Å². The molecule has 1 N–H and O–H groups in total. The second kappa shape index (κ2) is 7.06. The molecule has 3 aliphatic rings. The monoisotopic (exact) mass is 368 g/mol. The number of benzene rings is 1. The molecule has 0 saturated carbocycles. The molecule has 7 heteroatoms. The first kappa shape index (κ1) is 17.6. The maximum atomic E-state index is 13.0. The summed E-state index contributed by atoms with van der Waals surface area (Å²) in [6.45, 7) is 5.27. The quantitative estimate of drug-likeness (QED) is 0.903. The molecule has 0 radical (unpaired) electrons. The van der Waals surface area contributed by atoms with Gasteiger partial charge in [-0.15, -0.1) is 0 Å². The van der Waals surface area contributed by atoms with Crippen LogP contribution in [0.4, 0.5) is 10.5 Å². The van der Waals surface area contributed by atoms with E-state index in [0.29, 0.717) is 19.6 Å². The molecule has 0 spiro atoms. The van der Waals surface area contributed by atoms with E-state index in [4.69, 9.17) is 4.52 Å². The van der Waals surface area contributed by atoms with Crippen molar-refractivity contribution in [2.45, 2.75) is 39.3 Å². The summed E-state index contributed by atoms with van der Waals surface area (Å²) in [6, 6.07) is 9.27. The number of rotatable bonds is 3. The van der Waals surface area contributed by atoms with Crippen molar-refractivity contribution < 1.29 is 14.1 Å². The molecule has 3 aliphatic heterocycles. The Kier molecular flexibility index (Phi) is 4.59. The number of aryl methyl sites for hydroxylation is 2. The Bertz CT molecular complexity index is 829. The molecule has 3 amide bonds. The molecule has 1 aromatic carbocycles.